The van der Waals surface area contributed by atoms with Crippen molar-refractivity contribution in [1.29, 1.82) is 0 Å². The minimum absolute atomic E-state index is 0.542. The minimum atomic E-state index is 0.542. The summed E-state index contributed by atoms with van der Waals surface area (Å²) < 4.78 is 6.81. The van der Waals surface area contributed by atoms with Crippen LogP contribution in [0.5, 0.6) is 11.6 Å². The van der Waals surface area contributed by atoms with Crippen molar-refractivity contribution in [2.24, 2.45) is 0 Å². The maximum Gasteiger partial charge on any atom is 0.219 e. The van der Waals surface area contributed by atoms with Crippen LogP contribution >= 0.6 is 27.5 Å². The summed E-state index contributed by atoms with van der Waals surface area (Å²) in [5.41, 5.74) is 1.82. The van der Waals surface area contributed by atoms with Crippen molar-refractivity contribution in [3.8, 4) is 11.6 Å². The van der Waals surface area contributed by atoms with Crippen LogP contribution in [0.3, 0.4) is 0 Å². The van der Waals surface area contributed by atoms with Crippen molar-refractivity contribution < 1.29 is 4.74 Å². The zero-order chi connectivity index (χ0) is 13.8. The summed E-state index contributed by atoms with van der Waals surface area (Å²) in [5.74, 6) is 1.33. The normalized spacial score (nSPS) is 10.5. The zero-order valence-electron chi connectivity index (χ0n) is 10.7. The molecular weight excluding hydrogens is 328 g/mol. The molecule has 1 heterocycles. The number of aryl methyl sites for hydroxylation is 1. The SMILES string of the molecule is CNCc1nc(Oc2ccc(Br)cc2C)ccc1Cl. The number of pyridine rings is 1. The third kappa shape index (κ3) is 3.69. The van der Waals surface area contributed by atoms with E-state index in [9.17, 15) is 0 Å². The van der Waals surface area contributed by atoms with Crippen LogP contribution < -0.4 is 10.1 Å². The molecule has 2 aromatic rings. The highest BCUT2D eigenvalue weighted by Gasteiger charge is 2.07. The van der Waals surface area contributed by atoms with Gasteiger partial charge in [0.05, 0.1) is 10.7 Å². The Balaban J connectivity index is 2.25. The van der Waals surface area contributed by atoms with E-state index in [2.05, 4.69) is 26.2 Å². The molecule has 1 aromatic heterocycles. The molecule has 0 atom stereocenters. The van der Waals surface area contributed by atoms with E-state index in [1.165, 1.54) is 0 Å². The van der Waals surface area contributed by atoms with Crippen molar-refractivity contribution >= 4 is 27.5 Å². The van der Waals surface area contributed by atoms with Gasteiger partial charge in [0, 0.05) is 17.1 Å². The van der Waals surface area contributed by atoms with Crippen LogP contribution in [0.2, 0.25) is 5.02 Å². The molecule has 0 bridgehead atoms. The van der Waals surface area contributed by atoms with E-state index in [-0.39, 0.29) is 0 Å². The quantitative estimate of drug-likeness (QED) is 0.899. The standard InChI is InChI=1S/C14H14BrClN2O/c1-9-7-10(15)3-5-13(9)19-14-6-4-11(16)12(18-14)8-17-2/h3-7,17H,8H2,1-2H3. The van der Waals surface area contributed by atoms with Crippen LogP contribution in [0.25, 0.3) is 0 Å². The highest BCUT2D eigenvalue weighted by molar-refractivity contribution is 9.10. The zero-order valence-corrected chi connectivity index (χ0v) is 13.0. The van der Waals surface area contributed by atoms with Gasteiger partial charge in [-0.3, -0.25) is 0 Å². The maximum absolute atomic E-state index is 6.07. The van der Waals surface area contributed by atoms with Crippen LogP contribution in [-0.4, -0.2) is 12.0 Å². The summed E-state index contributed by atoms with van der Waals surface area (Å²) in [6, 6.07) is 9.41. The molecule has 0 radical (unpaired) electrons. The van der Waals surface area contributed by atoms with Crippen LogP contribution in [0.4, 0.5) is 0 Å². The van der Waals surface area contributed by atoms with Gasteiger partial charge >= 0.3 is 0 Å². The van der Waals surface area contributed by atoms with Gasteiger partial charge in [0.2, 0.25) is 5.88 Å². The third-order valence-electron chi connectivity index (χ3n) is 2.59. The average Bonchev–Trinajstić information content (AvgIpc) is 2.37. The molecule has 2 rings (SSSR count). The van der Waals surface area contributed by atoms with Crippen LogP contribution in [0.1, 0.15) is 11.3 Å². The van der Waals surface area contributed by atoms with Crippen molar-refractivity contribution in [3.63, 3.8) is 0 Å². The molecule has 0 aliphatic rings. The number of benzene rings is 1. The van der Waals surface area contributed by atoms with Crippen molar-refractivity contribution in [3.05, 3.63) is 51.1 Å². The molecular formula is C14H14BrClN2O. The molecule has 0 saturated heterocycles. The number of rotatable bonds is 4. The lowest BCUT2D eigenvalue weighted by Gasteiger charge is -2.10. The monoisotopic (exact) mass is 340 g/mol. The fourth-order valence-electron chi connectivity index (χ4n) is 1.65. The van der Waals surface area contributed by atoms with E-state index in [1.807, 2.05) is 32.2 Å². The third-order valence-corrected chi connectivity index (χ3v) is 3.43. The lowest BCUT2D eigenvalue weighted by molar-refractivity contribution is 0.456. The summed E-state index contributed by atoms with van der Waals surface area (Å²) in [7, 11) is 1.85. The van der Waals surface area contributed by atoms with Crippen LogP contribution in [-0.2, 0) is 6.54 Å². The Bertz CT molecular complexity index is 590. The Morgan fingerprint density at radius 3 is 2.79 bits per heavy atom. The van der Waals surface area contributed by atoms with Gasteiger partial charge in [-0.05, 0) is 43.8 Å². The van der Waals surface area contributed by atoms with Crippen molar-refractivity contribution in [1.82, 2.24) is 10.3 Å². The van der Waals surface area contributed by atoms with E-state index in [0.717, 1.165) is 21.5 Å². The summed E-state index contributed by atoms with van der Waals surface area (Å²) in [5, 5.41) is 3.66. The van der Waals surface area contributed by atoms with Crippen molar-refractivity contribution in [2.45, 2.75) is 13.5 Å². The van der Waals surface area contributed by atoms with Gasteiger partial charge < -0.3 is 10.1 Å². The van der Waals surface area contributed by atoms with E-state index in [0.29, 0.717) is 17.4 Å². The van der Waals surface area contributed by atoms with E-state index in [1.54, 1.807) is 12.1 Å². The second kappa shape index (κ2) is 6.37. The minimum Gasteiger partial charge on any atom is -0.439 e. The Morgan fingerprint density at radius 1 is 1.32 bits per heavy atom. The first-order valence-electron chi connectivity index (χ1n) is 5.84. The Labute approximate surface area is 126 Å². The molecule has 0 unspecified atom stereocenters. The first-order chi connectivity index (χ1) is 9.10. The first-order valence-corrected chi connectivity index (χ1v) is 7.01. The molecule has 1 aromatic carbocycles. The summed E-state index contributed by atoms with van der Waals surface area (Å²) in [6.07, 6.45) is 0. The van der Waals surface area contributed by atoms with Gasteiger partial charge in [0.25, 0.3) is 0 Å². The lowest BCUT2D eigenvalue weighted by Crippen LogP contribution is -2.08. The fraction of sp³-hybridized carbons (Fsp3) is 0.214. The number of halogens is 2. The molecule has 19 heavy (non-hydrogen) atoms. The van der Waals surface area contributed by atoms with E-state index >= 15 is 0 Å². The largest absolute Gasteiger partial charge is 0.439 e. The molecule has 0 aliphatic carbocycles. The van der Waals surface area contributed by atoms with Gasteiger partial charge in [-0.25, -0.2) is 4.98 Å². The average molecular weight is 342 g/mol. The van der Waals surface area contributed by atoms with Gasteiger partial charge in [-0.1, -0.05) is 27.5 Å². The predicted molar refractivity (Wildman–Crippen MR) is 81.0 cm³/mol. The number of hydrogen-bond acceptors (Lipinski definition) is 3. The molecule has 0 aliphatic heterocycles. The van der Waals surface area contributed by atoms with E-state index < -0.39 is 0 Å². The van der Waals surface area contributed by atoms with Gasteiger partial charge in [-0.2, -0.15) is 0 Å². The fourth-order valence-corrected chi connectivity index (χ4v) is 2.30. The molecule has 0 fully saturated rings. The van der Waals surface area contributed by atoms with Gasteiger partial charge in [0.1, 0.15) is 5.75 Å². The number of aromatic nitrogens is 1. The molecule has 0 spiro atoms. The maximum atomic E-state index is 6.07. The second-order valence-corrected chi connectivity index (χ2v) is 5.44. The lowest BCUT2D eigenvalue weighted by atomic mass is 10.2. The van der Waals surface area contributed by atoms with Gasteiger partial charge in [-0.15, -0.1) is 0 Å². The first kappa shape index (κ1) is 14.3. The van der Waals surface area contributed by atoms with Crippen molar-refractivity contribution in [2.75, 3.05) is 7.05 Å². The summed E-state index contributed by atoms with van der Waals surface area (Å²) in [6.45, 7) is 2.60. The molecule has 5 heteroatoms. The summed E-state index contributed by atoms with van der Waals surface area (Å²) in [4.78, 5) is 4.39. The smallest absolute Gasteiger partial charge is 0.219 e. The molecule has 0 amide bonds. The molecule has 0 saturated carbocycles. The molecule has 100 valence electrons. The summed E-state index contributed by atoms with van der Waals surface area (Å²) >= 11 is 9.49. The molecule has 3 nitrogen and oxygen atoms in total. The topological polar surface area (TPSA) is 34.2 Å². The van der Waals surface area contributed by atoms with E-state index in [4.69, 9.17) is 16.3 Å². The number of ether oxygens (including phenoxy) is 1. The highest BCUT2D eigenvalue weighted by atomic mass is 79.9. The Kier molecular flexibility index (Phi) is 4.80. The Hall–Kier alpha value is -1.10. The molecule has 1 N–H and O–H groups in total. The Morgan fingerprint density at radius 2 is 2.11 bits per heavy atom. The van der Waals surface area contributed by atoms with Crippen LogP contribution in [0.15, 0.2) is 34.8 Å². The van der Waals surface area contributed by atoms with Crippen LogP contribution in [0, 0.1) is 6.92 Å². The number of nitrogens with zero attached hydrogens (tertiary/aromatic N) is 1. The second-order valence-electron chi connectivity index (χ2n) is 4.12. The van der Waals surface area contributed by atoms with Gasteiger partial charge in [0.15, 0.2) is 0 Å². The predicted octanol–water partition coefficient (Wildman–Crippen LogP) is 4.32. The highest BCUT2D eigenvalue weighted by Crippen LogP contribution is 2.27. The number of nitrogens with one attached hydrogen (secondary N) is 1. The number of hydrogen-bond donors (Lipinski definition) is 1.